The average Bonchev–Trinajstić information content (AvgIpc) is 3.39. The van der Waals surface area contributed by atoms with Crippen LogP contribution in [0.3, 0.4) is 0 Å². The SMILES string of the molecule is Cc1ccccc1COc1cccc(NC(=O)CNCC2CC2)c1. The minimum absolute atomic E-state index is 0.0216. The molecule has 1 fully saturated rings. The van der Waals surface area contributed by atoms with E-state index in [2.05, 4.69) is 29.7 Å². The fraction of sp³-hybridized carbons (Fsp3) is 0.350. The van der Waals surface area contributed by atoms with Crippen LogP contribution in [0.4, 0.5) is 5.69 Å². The van der Waals surface area contributed by atoms with E-state index in [-0.39, 0.29) is 5.91 Å². The van der Waals surface area contributed by atoms with Crippen molar-refractivity contribution >= 4 is 11.6 Å². The molecule has 2 N–H and O–H groups in total. The monoisotopic (exact) mass is 324 g/mol. The molecule has 2 aromatic rings. The molecule has 0 aromatic heterocycles. The lowest BCUT2D eigenvalue weighted by atomic mass is 10.1. The zero-order valence-electron chi connectivity index (χ0n) is 14.0. The number of nitrogens with one attached hydrogen (secondary N) is 2. The first-order chi connectivity index (χ1) is 11.7. The molecule has 1 aliphatic rings. The number of amides is 1. The van der Waals surface area contributed by atoms with E-state index in [9.17, 15) is 4.79 Å². The Morgan fingerprint density at radius 2 is 2.00 bits per heavy atom. The minimum Gasteiger partial charge on any atom is -0.489 e. The Hall–Kier alpha value is -2.33. The van der Waals surface area contributed by atoms with Crippen molar-refractivity contribution in [1.82, 2.24) is 5.32 Å². The maximum absolute atomic E-state index is 11.9. The van der Waals surface area contributed by atoms with Crippen molar-refractivity contribution < 1.29 is 9.53 Å². The third kappa shape index (κ3) is 5.10. The first kappa shape index (κ1) is 16.5. The molecule has 0 aliphatic heterocycles. The van der Waals surface area contributed by atoms with Crippen LogP contribution in [-0.2, 0) is 11.4 Å². The lowest BCUT2D eigenvalue weighted by molar-refractivity contribution is -0.115. The van der Waals surface area contributed by atoms with Gasteiger partial charge >= 0.3 is 0 Å². The molecule has 0 heterocycles. The van der Waals surface area contributed by atoms with Gasteiger partial charge in [0.15, 0.2) is 0 Å². The number of ether oxygens (including phenoxy) is 1. The number of carbonyl (C=O) groups is 1. The molecular formula is C20H24N2O2. The van der Waals surface area contributed by atoms with E-state index in [1.807, 2.05) is 36.4 Å². The molecule has 0 atom stereocenters. The summed E-state index contributed by atoms with van der Waals surface area (Å²) in [6, 6.07) is 15.7. The topological polar surface area (TPSA) is 50.4 Å². The Balaban J connectivity index is 1.49. The van der Waals surface area contributed by atoms with Crippen LogP contribution in [0.5, 0.6) is 5.75 Å². The van der Waals surface area contributed by atoms with Crippen molar-refractivity contribution in [2.75, 3.05) is 18.4 Å². The first-order valence-corrected chi connectivity index (χ1v) is 8.48. The van der Waals surface area contributed by atoms with E-state index in [4.69, 9.17) is 4.74 Å². The maximum Gasteiger partial charge on any atom is 0.238 e. The highest BCUT2D eigenvalue weighted by atomic mass is 16.5. The molecular weight excluding hydrogens is 300 g/mol. The van der Waals surface area contributed by atoms with Crippen LogP contribution in [-0.4, -0.2) is 19.0 Å². The maximum atomic E-state index is 11.9. The van der Waals surface area contributed by atoms with E-state index in [1.54, 1.807) is 0 Å². The van der Waals surface area contributed by atoms with Gasteiger partial charge in [-0.25, -0.2) is 0 Å². The summed E-state index contributed by atoms with van der Waals surface area (Å²) in [5, 5.41) is 6.10. The highest BCUT2D eigenvalue weighted by Gasteiger charge is 2.20. The Labute approximate surface area is 143 Å². The summed E-state index contributed by atoms with van der Waals surface area (Å²) in [7, 11) is 0. The van der Waals surface area contributed by atoms with Gasteiger partial charge in [0.1, 0.15) is 12.4 Å². The van der Waals surface area contributed by atoms with Crippen LogP contribution in [0.15, 0.2) is 48.5 Å². The molecule has 1 saturated carbocycles. The van der Waals surface area contributed by atoms with E-state index in [0.717, 1.165) is 29.5 Å². The van der Waals surface area contributed by atoms with Crippen LogP contribution < -0.4 is 15.4 Å². The summed E-state index contributed by atoms with van der Waals surface area (Å²) < 4.78 is 5.85. The van der Waals surface area contributed by atoms with Crippen LogP contribution in [0, 0.1) is 12.8 Å². The lowest BCUT2D eigenvalue weighted by Gasteiger charge is -2.11. The molecule has 1 aliphatic carbocycles. The van der Waals surface area contributed by atoms with Crippen LogP contribution in [0.1, 0.15) is 24.0 Å². The molecule has 0 spiro atoms. The smallest absolute Gasteiger partial charge is 0.238 e. The third-order valence-electron chi connectivity index (χ3n) is 4.19. The number of carbonyl (C=O) groups excluding carboxylic acids is 1. The fourth-order valence-corrected chi connectivity index (χ4v) is 2.51. The van der Waals surface area contributed by atoms with Gasteiger partial charge in [0.2, 0.25) is 5.91 Å². The summed E-state index contributed by atoms with van der Waals surface area (Å²) >= 11 is 0. The highest BCUT2D eigenvalue weighted by molar-refractivity contribution is 5.92. The lowest BCUT2D eigenvalue weighted by Crippen LogP contribution is -2.29. The van der Waals surface area contributed by atoms with Crippen molar-refractivity contribution in [3.63, 3.8) is 0 Å². The van der Waals surface area contributed by atoms with E-state index in [0.29, 0.717) is 13.2 Å². The van der Waals surface area contributed by atoms with Gasteiger partial charge in [-0.3, -0.25) is 4.79 Å². The minimum atomic E-state index is -0.0216. The molecule has 4 heteroatoms. The third-order valence-corrected chi connectivity index (χ3v) is 4.19. The van der Waals surface area contributed by atoms with Crippen molar-refractivity contribution in [3.05, 3.63) is 59.7 Å². The Kier molecular flexibility index (Phi) is 5.49. The average molecular weight is 324 g/mol. The number of benzene rings is 2. The number of hydrogen-bond acceptors (Lipinski definition) is 3. The van der Waals surface area contributed by atoms with Crippen molar-refractivity contribution in [2.45, 2.75) is 26.4 Å². The fourth-order valence-electron chi connectivity index (χ4n) is 2.51. The van der Waals surface area contributed by atoms with Crippen molar-refractivity contribution in [3.8, 4) is 5.75 Å². The molecule has 3 rings (SSSR count). The number of anilines is 1. The molecule has 24 heavy (non-hydrogen) atoms. The second-order valence-electron chi connectivity index (χ2n) is 6.37. The predicted octanol–water partition coefficient (Wildman–Crippen LogP) is 3.51. The Morgan fingerprint density at radius 1 is 1.17 bits per heavy atom. The number of hydrogen-bond donors (Lipinski definition) is 2. The van der Waals surface area contributed by atoms with Gasteiger partial charge in [-0.15, -0.1) is 0 Å². The normalized spacial score (nSPS) is 13.5. The summed E-state index contributed by atoms with van der Waals surface area (Å²) in [5.74, 6) is 1.50. The summed E-state index contributed by atoms with van der Waals surface area (Å²) in [4.78, 5) is 11.9. The summed E-state index contributed by atoms with van der Waals surface area (Å²) in [6.07, 6.45) is 2.57. The first-order valence-electron chi connectivity index (χ1n) is 8.48. The molecule has 0 bridgehead atoms. The molecule has 4 nitrogen and oxygen atoms in total. The molecule has 126 valence electrons. The number of rotatable bonds is 8. The summed E-state index contributed by atoms with van der Waals surface area (Å²) in [5.41, 5.74) is 3.13. The van der Waals surface area contributed by atoms with Gasteiger partial charge in [-0.2, -0.15) is 0 Å². The zero-order chi connectivity index (χ0) is 16.8. The van der Waals surface area contributed by atoms with Gasteiger partial charge in [0.25, 0.3) is 0 Å². The Bertz CT molecular complexity index is 696. The van der Waals surface area contributed by atoms with E-state index < -0.39 is 0 Å². The van der Waals surface area contributed by atoms with Crippen molar-refractivity contribution in [1.29, 1.82) is 0 Å². The van der Waals surface area contributed by atoms with Crippen LogP contribution in [0.2, 0.25) is 0 Å². The van der Waals surface area contributed by atoms with Gasteiger partial charge in [0, 0.05) is 11.8 Å². The largest absolute Gasteiger partial charge is 0.489 e. The summed E-state index contributed by atoms with van der Waals surface area (Å²) in [6.45, 7) is 3.88. The molecule has 2 aromatic carbocycles. The number of aryl methyl sites for hydroxylation is 1. The van der Waals surface area contributed by atoms with Gasteiger partial charge in [-0.05, 0) is 55.5 Å². The molecule has 0 unspecified atom stereocenters. The standard InChI is InChI=1S/C20H24N2O2/c1-15-5-2-3-6-17(15)14-24-19-8-4-7-18(11-19)22-20(23)13-21-12-16-9-10-16/h2-8,11,16,21H,9-10,12-14H2,1H3,(H,22,23). The van der Waals surface area contributed by atoms with Gasteiger partial charge in [-0.1, -0.05) is 30.3 Å². The zero-order valence-corrected chi connectivity index (χ0v) is 14.0. The van der Waals surface area contributed by atoms with Gasteiger partial charge in [0.05, 0.1) is 6.54 Å². The van der Waals surface area contributed by atoms with Crippen LogP contribution in [0.25, 0.3) is 0 Å². The molecule has 0 saturated heterocycles. The Morgan fingerprint density at radius 3 is 2.79 bits per heavy atom. The van der Waals surface area contributed by atoms with Gasteiger partial charge < -0.3 is 15.4 Å². The molecule has 0 radical (unpaired) electrons. The van der Waals surface area contributed by atoms with Crippen molar-refractivity contribution in [2.24, 2.45) is 5.92 Å². The quantitative estimate of drug-likeness (QED) is 0.781. The highest BCUT2D eigenvalue weighted by Crippen LogP contribution is 2.27. The second kappa shape index (κ2) is 7.97. The van der Waals surface area contributed by atoms with Crippen LogP contribution >= 0.6 is 0 Å². The van der Waals surface area contributed by atoms with E-state index in [1.165, 1.54) is 18.4 Å². The molecule has 1 amide bonds. The predicted molar refractivity (Wildman–Crippen MR) is 96.2 cm³/mol. The van der Waals surface area contributed by atoms with E-state index >= 15 is 0 Å². The second-order valence-corrected chi connectivity index (χ2v) is 6.37.